The number of nitro benzene ring substituents is 1. The van der Waals surface area contributed by atoms with E-state index >= 15 is 0 Å². The van der Waals surface area contributed by atoms with Gasteiger partial charge in [-0.3, -0.25) is 14.8 Å². The fraction of sp³-hybridized carbons (Fsp3) is 0.0769. The fourth-order valence-corrected chi connectivity index (χ4v) is 3.04. The Hall–Kier alpha value is -1.93. The molecule has 1 N–H and O–H groups in total. The van der Waals surface area contributed by atoms with Crippen LogP contribution in [0.2, 0.25) is 0 Å². The molecular formula is C13H11BrN2O4S. The number of nitrogens with zero attached hydrogens (tertiary/aromatic N) is 1. The molecule has 2 aromatic carbocycles. The van der Waals surface area contributed by atoms with Crippen LogP contribution in [-0.4, -0.2) is 13.3 Å². The molecule has 0 unspecified atom stereocenters. The van der Waals surface area contributed by atoms with E-state index in [9.17, 15) is 18.5 Å². The first-order valence-electron chi connectivity index (χ1n) is 5.83. The van der Waals surface area contributed by atoms with Crippen molar-refractivity contribution in [3.63, 3.8) is 0 Å². The number of anilines is 1. The molecule has 2 rings (SSSR count). The fourth-order valence-electron chi connectivity index (χ4n) is 1.70. The summed E-state index contributed by atoms with van der Waals surface area (Å²) in [6.45, 7) is 1.69. The van der Waals surface area contributed by atoms with E-state index in [2.05, 4.69) is 20.7 Å². The second kappa shape index (κ2) is 5.82. The average Bonchev–Trinajstić information content (AvgIpc) is 2.41. The summed E-state index contributed by atoms with van der Waals surface area (Å²) in [4.78, 5) is 10.4. The van der Waals surface area contributed by atoms with E-state index in [0.717, 1.165) is 4.47 Å². The summed E-state index contributed by atoms with van der Waals surface area (Å²) in [6.07, 6.45) is 0. The SMILES string of the molecule is Cc1ccc(NS(=O)(=O)c2ccc(Br)cc2)c([N+](=O)[O-])c1. The van der Waals surface area contributed by atoms with Gasteiger partial charge in [-0.05, 0) is 42.8 Å². The van der Waals surface area contributed by atoms with Gasteiger partial charge in [0, 0.05) is 10.5 Å². The third kappa shape index (κ3) is 3.59. The molecule has 0 saturated heterocycles. The predicted octanol–water partition coefficient (Wildman–Crippen LogP) is 3.47. The van der Waals surface area contributed by atoms with Gasteiger partial charge in [0.25, 0.3) is 15.7 Å². The monoisotopic (exact) mass is 370 g/mol. The summed E-state index contributed by atoms with van der Waals surface area (Å²) in [5.41, 5.74) is 0.331. The van der Waals surface area contributed by atoms with Crippen molar-refractivity contribution in [2.24, 2.45) is 0 Å². The Bertz CT molecular complexity index is 788. The molecule has 2 aromatic rings. The van der Waals surface area contributed by atoms with E-state index in [0.29, 0.717) is 5.56 Å². The Morgan fingerprint density at radius 2 is 1.76 bits per heavy atom. The van der Waals surface area contributed by atoms with Gasteiger partial charge in [-0.2, -0.15) is 0 Å². The smallest absolute Gasteiger partial charge is 0.273 e. The number of hydrogen-bond donors (Lipinski definition) is 1. The maximum Gasteiger partial charge on any atom is 0.293 e. The maximum absolute atomic E-state index is 12.2. The zero-order chi connectivity index (χ0) is 15.6. The highest BCUT2D eigenvalue weighted by Gasteiger charge is 2.20. The van der Waals surface area contributed by atoms with Gasteiger partial charge >= 0.3 is 0 Å². The number of rotatable bonds is 4. The lowest BCUT2D eigenvalue weighted by molar-refractivity contribution is -0.383. The number of hydrogen-bond acceptors (Lipinski definition) is 4. The largest absolute Gasteiger partial charge is 0.293 e. The van der Waals surface area contributed by atoms with E-state index in [-0.39, 0.29) is 16.3 Å². The van der Waals surface area contributed by atoms with Crippen molar-refractivity contribution in [3.05, 3.63) is 62.6 Å². The molecular weight excluding hydrogens is 360 g/mol. The molecule has 0 radical (unpaired) electrons. The third-order valence-electron chi connectivity index (χ3n) is 2.72. The van der Waals surface area contributed by atoms with Crippen LogP contribution in [0.5, 0.6) is 0 Å². The van der Waals surface area contributed by atoms with Crippen molar-refractivity contribution < 1.29 is 13.3 Å². The minimum atomic E-state index is -3.87. The van der Waals surface area contributed by atoms with E-state index in [1.165, 1.54) is 24.3 Å². The van der Waals surface area contributed by atoms with Gasteiger partial charge in [0.2, 0.25) is 0 Å². The van der Waals surface area contributed by atoms with E-state index < -0.39 is 14.9 Å². The molecule has 0 aromatic heterocycles. The first kappa shape index (κ1) is 15.5. The van der Waals surface area contributed by atoms with Crippen LogP contribution >= 0.6 is 15.9 Å². The Balaban J connectivity index is 2.41. The highest BCUT2D eigenvalue weighted by Crippen LogP contribution is 2.28. The van der Waals surface area contributed by atoms with Crippen LogP contribution in [0.1, 0.15) is 5.56 Å². The lowest BCUT2D eigenvalue weighted by Crippen LogP contribution is -2.14. The molecule has 0 spiro atoms. The predicted molar refractivity (Wildman–Crippen MR) is 82.8 cm³/mol. The number of aryl methyl sites for hydroxylation is 1. The van der Waals surface area contributed by atoms with Crippen LogP contribution in [0.3, 0.4) is 0 Å². The van der Waals surface area contributed by atoms with Gasteiger partial charge in [0.15, 0.2) is 0 Å². The van der Waals surface area contributed by atoms with Crippen LogP contribution in [0, 0.1) is 17.0 Å². The molecule has 0 amide bonds. The molecule has 6 nitrogen and oxygen atoms in total. The standard InChI is InChI=1S/C13H11BrN2O4S/c1-9-2-7-12(13(8-9)16(17)18)15-21(19,20)11-5-3-10(14)4-6-11/h2-8,15H,1H3. The first-order chi connectivity index (χ1) is 9.79. The van der Waals surface area contributed by atoms with Crippen LogP contribution < -0.4 is 4.72 Å². The van der Waals surface area contributed by atoms with Crippen LogP contribution in [-0.2, 0) is 10.0 Å². The second-order valence-electron chi connectivity index (χ2n) is 4.34. The molecule has 0 heterocycles. The highest BCUT2D eigenvalue weighted by molar-refractivity contribution is 9.10. The molecule has 110 valence electrons. The van der Waals surface area contributed by atoms with E-state index in [1.807, 2.05) is 0 Å². The van der Waals surface area contributed by atoms with Gasteiger partial charge in [-0.25, -0.2) is 8.42 Å². The number of nitrogens with one attached hydrogen (secondary N) is 1. The summed E-state index contributed by atoms with van der Waals surface area (Å²) in [5.74, 6) is 0. The number of sulfonamides is 1. The lowest BCUT2D eigenvalue weighted by Gasteiger charge is -2.09. The van der Waals surface area contributed by atoms with Gasteiger partial charge in [-0.15, -0.1) is 0 Å². The zero-order valence-electron chi connectivity index (χ0n) is 10.9. The molecule has 8 heteroatoms. The maximum atomic E-state index is 12.2. The Labute approximate surface area is 130 Å². The summed E-state index contributed by atoms with van der Waals surface area (Å²) in [5, 5.41) is 11.0. The van der Waals surface area contributed by atoms with Crippen molar-refractivity contribution in [2.45, 2.75) is 11.8 Å². The van der Waals surface area contributed by atoms with Crippen LogP contribution in [0.25, 0.3) is 0 Å². The Morgan fingerprint density at radius 3 is 2.33 bits per heavy atom. The molecule has 0 saturated carbocycles. The van der Waals surface area contributed by atoms with Crippen molar-refractivity contribution in [1.29, 1.82) is 0 Å². The topological polar surface area (TPSA) is 89.3 Å². The minimum absolute atomic E-state index is 0.0283. The highest BCUT2D eigenvalue weighted by atomic mass is 79.9. The molecule has 0 bridgehead atoms. The molecule has 0 aliphatic rings. The van der Waals surface area contributed by atoms with Crippen LogP contribution in [0.4, 0.5) is 11.4 Å². The second-order valence-corrected chi connectivity index (χ2v) is 6.94. The normalized spacial score (nSPS) is 11.1. The van der Waals surface area contributed by atoms with Crippen LogP contribution in [0.15, 0.2) is 51.8 Å². The third-order valence-corrected chi connectivity index (χ3v) is 4.63. The zero-order valence-corrected chi connectivity index (χ0v) is 13.3. The number of benzene rings is 2. The lowest BCUT2D eigenvalue weighted by atomic mass is 10.2. The van der Waals surface area contributed by atoms with Crippen molar-refractivity contribution in [2.75, 3.05) is 4.72 Å². The van der Waals surface area contributed by atoms with E-state index in [4.69, 9.17) is 0 Å². The van der Waals surface area contributed by atoms with Crippen molar-refractivity contribution >= 4 is 37.3 Å². The Morgan fingerprint density at radius 1 is 1.14 bits per heavy atom. The Kier molecular flexibility index (Phi) is 4.29. The average molecular weight is 371 g/mol. The molecule has 21 heavy (non-hydrogen) atoms. The van der Waals surface area contributed by atoms with Crippen molar-refractivity contribution in [3.8, 4) is 0 Å². The summed E-state index contributed by atoms with van der Waals surface area (Å²) in [6, 6.07) is 10.3. The quantitative estimate of drug-likeness (QED) is 0.658. The molecule has 0 aliphatic heterocycles. The van der Waals surface area contributed by atoms with E-state index in [1.54, 1.807) is 25.1 Å². The number of halogens is 1. The first-order valence-corrected chi connectivity index (χ1v) is 8.10. The van der Waals surface area contributed by atoms with Gasteiger partial charge in [0.05, 0.1) is 9.82 Å². The summed E-state index contributed by atoms with van der Waals surface area (Å²) >= 11 is 3.21. The van der Waals surface area contributed by atoms with Crippen molar-refractivity contribution in [1.82, 2.24) is 0 Å². The molecule has 0 atom stereocenters. The summed E-state index contributed by atoms with van der Waals surface area (Å²) < 4.78 is 27.4. The van der Waals surface area contributed by atoms with Gasteiger partial charge in [-0.1, -0.05) is 22.0 Å². The number of nitro groups is 1. The van der Waals surface area contributed by atoms with Gasteiger partial charge in [0.1, 0.15) is 5.69 Å². The molecule has 0 aliphatic carbocycles. The minimum Gasteiger partial charge on any atom is -0.273 e. The summed E-state index contributed by atoms with van der Waals surface area (Å²) in [7, 11) is -3.87. The molecule has 0 fully saturated rings. The van der Waals surface area contributed by atoms with Gasteiger partial charge < -0.3 is 0 Å².